The smallest absolute Gasteiger partial charge is 0.303 e. The standard InChI is InChI=1S/C9H13N3O3S/c1-5(13)15-7(2-3-10)9-12-6(4-16-9)8(11)14/h4,7H,2-3,10H2,1H3,(H2,11,14). The van der Waals surface area contributed by atoms with Gasteiger partial charge in [0.2, 0.25) is 0 Å². The monoisotopic (exact) mass is 243 g/mol. The van der Waals surface area contributed by atoms with Gasteiger partial charge in [0, 0.05) is 18.7 Å². The van der Waals surface area contributed by atoms with Gasteiger partial charge in [-0.1, -0.05) is 0 Å². The number of primary amides is 1. The van der Waals surface area contributed by atoms with Crippen molar-refractivity contribution in [1.82, 2.24) is 4.98 Å². The molecule has 1 atom stereocenters. The highest BCUT2D eigenvalue weighted by molar-refractivity contribution is 7.09. The average molecular weight is 243 g/mol. The van der Waals surface area contributed by atoms with E-state index in [1.807, 2.05) is 0 Å². The van der Waals surface area contributed by atoms with E-state index in [4.69, 9.17) is 16.2 Å². The zero-order valence-electron chi connectivity index (χ0n) is 8.80. The first-order valence-corrected chi connectivity index (χ1v) is 5.55. The molecule has 0 saturated heterocycles. The Morgan fingerprint density at radius 2 is 2.31 bits per heavy atom. The third-order valence-corrected chi connectivity index (χ3v) is 2.72. The summed E-state index contributed by atoms with van der Waals surface area (Å²) in [5.41, 5.74) is 10.7. The van der Waals surface area contributed by atoms with Crippen LogP contribution in [0.5, 0.6) is 0 Å². The molecule has 0 spiro atoms. The zero-order valence-corrected chi connectivity index (χ0v) is 9.62. The van der Waals surface area contributed by atoms with Crippen LogP contribution < -0.4 is 11.5 Å². The van der Waals surface area contributed by atoms with Crippen LogP contribution in [0.1, 0.15) is 34.9 Å². The van der Waals surface area contributed by atoms with Crippen LogP contribution in [0.25, 0.3) is 0 Å². The lowest BCUT2D eigenvalue weighted by molar-refractivity contribution is -0.146. The van der Waals surface area contributed by atoms with E-state index in [1.165, 1.54) is 23.6 Å². The van der Waals surface area contributed by atoms with Crippen LogP contribution >= 0.6 is 11.3 Å². The minimum atomic E-state index is -0.600. The van der Waals surface area contributed by atoms with Crippen LogP contribution in [0.3, 0.4) is 0 Å². The molecule has 7 heteroatoms. The van der Waals surface area contributed by atoms with Crippen molar-refractivity contribution in [2.24, 2.45) is 11.5 Å². The minimum absolute atomic E-state index is 0.175. The fourth-order valence-electron chi connectivity index (χ4n) is 1.13. The maximum Gasteiger partial charge on any atom is 0.303 e. The molecule has 0 aliphatic carbocycles. The van der Waals surface area contributed by atoms with E-state index < -0.39 is 18.0 Å². The number of carbonyl (C=O) groups excluding carboxylic acids is 2. The summed E-state index contributed by atoms with van der Waals surface area (Å²) in [4.78, 5) is 25.7. The molecule has 0 aliphatic rings. The second kappa shape index (κ2) is 5.57. The number of aromatic nitrogens is 1. The second-order valence-corrected chi connectivity index (χ2v) is 4.00. The van der Waals surface area contributed by atoms with Crippen molar-refractivity contribution in [2.45, 2.75) is 19.4 Å². The summed E-state index contributed by atoms with van der Waals surface area (Å²) in [5.74, 6) is -1.01. The Bertz CT molecular complexity index is 391. The topological polar surface area (TPSA) is 108 Å². The third kappa shape index (κ3) is 3.28. The summed E-state index contributed by atoms with van der Waals surface area (Å²) in [5, 5.41) is 2.07. The van der Waals surface area contributed by atoms with Crippen LogP contribution in [0.4, 0.5) is 0 Å². The van der Waals surface area contributed by atoms with Crippen LogP contribution in [0.2, 0.25) is 0 Å². The Hall–Kier alpha value is -1.47. The lowest BCUT2D eigenvalue weighted by Gasteiger charge is -2.12. The molecule has 1 aromatic rings. The Morgan fingerprint density at radius 1 is 1.62 bits per heavy atom. The summed E-state index contributed by atoms with van der Waals surface area (Å²) in [6.45, 7) is 1.68. The lowest BCUT2D eigenvalue weighted by Crippen LogP contribution is -2.15. The van der Waals surface area contributed by atoms with Crippen molar-refractivity contribution in [2.75, 3.05) is 6.54 Å². The van der Waals surface area contributed by atoms with E-state index in [1.54, 1.807) is 0 Å². The molecule has 0 bridgehead atoms. The molecule has 1 amide bonds. The van der Waals surface area contributed by atoms with Gasteiger partial charge in [-0.05, 0) is 6.54 Å². The van der Waals surface area contributed by atoms with E-state index in [0.717, 1.165) is 0 Å². The fraction of sp³-hybridized carbons (Fsp3) is 0.444. The van der Waals surface area contributed by atoms with Crippen LogP contribution in [0.15, 0.2) is 5.38 Å². The number of rotatable bonds is 5. The molecule has 0 aromatic carbocycles. The maximum absolute atomic E-state index is 10.9. The van der Waals surface area contributed by atoms with Gasteiger partial charge >= 0.3 is 5.97 Å². The van der Waals surface area contributed by atoms with Gasteiger partial charge in [0.25, 0.3) is 5.91 Å². The van der Waals surface area contributed by atoms with Gasteiger partial charge in [-0.3, -0.25) is 9.59 Å². The van der Waals surface area contributed by atoms with Crippen molar-refractivity contribution in [3.05, 3.63) is 16.1 Å². The molecule has 0 fully saturated rings. The van der Waals surface area contributed by atoms with Crippen molar-refractivity contribution in [3.63, 3.8) is 0 Å². The highest BCUT2D eigenvalue weighted by Gasteiger charge is 2.19. The van der Waals surface area contributed by atoms with Crippen LogP contribution in [-0.4, -0.2) is 23.4 Å². The van der Waals surface area contributed by atoms with Gasteiger partial charge in [-0.2, -0.15) is 0 Å². The number of hydrogen-bond donors (Lipinski definition) is 2. The van der Waals surface area contributed by atoms with E-state index >= 15 is 0 Å². The predicted octanol–water partition coefficient (Wildman–Crippen LogP) is 0.195. The predicted molar refractivity (Wildman–Crippen MR) is 58.8 cm³/mol. The number of thiazole rings is 1. The van der Waals surface area contributed by atoms with Crippen molar-refractivity contribution in [1.29, 1.82) is 0 Å². The molecule has 88 valence electrons. The van der Waals surface area contributed by atoms with Crippen LogP contribution in [0, 0.1) is 0 Å². The fourth-order valence-corrected chi connectivity index (χ4v) is 2.00. The van der Waals surface area contributed by atoms with Crippen LogP contribution in [-0.2, 0) is 9.53 Å². The molecule has 6 nitrogen and oxygen atoms in total. The Morgan fingerprint density at radius 3 is 2.75 bits per heavy atom. The summed E-state index contributed by atoms with van der Waals surface area (Å²) >= 11 is 1.22. The molecule has 0 saturated carbocycles. The molecule has 0 radical (unpaired) electrons. The Balaban J connectivity index is 2.83. The van der Waals surface area contributed by atoms with E-state index in [2.05, 4.69) is 4.98 Å². The SMILES string of the molecule is CC(=O)OC(CCN)c1nc(C(N)=O)cs1. The van der Waals surface area contributed by atoms with Gasteiger partial charge in [0.15, 0.2) is 6.10 Å². The average Bonchev–Trinajstić information content (AvgIpc) is 2.65. The molecular formula is C9H13N3O3S. The van der Waals surface area contributed by atoms with Gasteiger partial charge in [0.05, 0.1) is 0 Å². The second-order valence-electron chi connectivity index (χ2n) is 3.11. The number of ether oxygens (including phenoxy) is 1. The zero-order chi connectivity index (χ0) is 12.1. The number of carbonyl (C=O) groups is 2. The largest absolute Gasteiger partial charge is 0.455 e. The highest BCUT2D eigenvalue weighted by atomic mass is 32.1. The molecule has 16 heavy (non-hydrogen) atoms. The van der Waals surface area contributed by atoms with Gasteiger partial charge in [0.1, 0.15) is 10.7 Å². The van der Waals surface area contributed by atoms with Gasteiger partial charge in [-0.15, -0.1) is 11.3 Å². The highest BCUT2D eigenvalue weighted by Crippen LogP contribution is 2.24. The van der Waals surface area contributed by atoms with Gasteiger partial charge in [-0.25, -0.2) is 4.98 Å². The summed E-state index contributed by atoms with van der Waals surface area (Å²) in [6.07, 6.45) is -0.0359. The quantitative estimate of drug-likeness (QED) is 0.718. The molecular weight excluding hydrogens is 230 g/mol. The molecule has 1 aromatic heterocycles. The molecule has 1 unspecified atom stereocenters. The summed E-state index contributed by atoms with van der Waals surface area (Å²) < 4.78 is 5.05. The third-order valence-electron chi connectivity index (χ3n) is 1.79. The number of esters is 1. The van der Waals surface area contributed by atoms with E-state index in [-0.39, 0.29) is 5.69 Å². The first-order valence-electron chi connectivity index (χ1n) is 4.67. The first-order chi connectivity index (χ1) is 7.54. The summed E-state index contributed by atoms with van der Waals surface area (Å²) in [6, 6.07) is 0. The van der Waals surface area contributed by atoms with E-state index in [9.17, 15) is 9.59 Å². The van der Waals surface area contributed by atoms with Crippen molar-refractivity contribution in [3.8, 4) is 0 Å². The molecule has 1 rings (SSSR count). The summed E-state index contributed by atoms with van der Waals surface area (Å²) in [7, 11) is 0. The molecule has 4 N–H and O–H groups in total. The van der Waals surface area contributed by atoms with Crippen molar-refractivity contribution >= 4 is 23.2 Å². The number of amides is 1. The Kier molecular flexibility index (Phi) is 4.39. The number of hydrogen-bond acceptors (Lipinski definition) is 6. The lowest BCUT2D eigenvalue weighted by atomic mass is 10.2. The Labute approximate surface area is 96.6 Å². The molecule has 1 heterocycles. The van der Waals surface area contributed by atoms with Gasteiger partial charge < -0.3 is 16.2 Å². The normalized spacial score (nSPS) is 12.1. The van der Waals surface area contributed by atoms with Crippen molar-refractivity contribution < 1.29 is 14.3 Å². The van der Waals surface area contributed by atoms with E-state index in [0.29, 0.717) is 18.0 Å². The number of nitrogens with two attached hydrogens (primary N) is 2. The number of nitrogens with zero attached hydrogens (tertiary/aromatic N) is 1. The first kappa shape index (κ1) is 12.6. The maximum atomic E-state index is 10.9. The minimum Gasteiger partial charge on any atom is -0.455 e. The molecule has 0 aliphatic heterocycles.